The third-order valence-corrected chi connectivity index (χ3v) is 7.17. The first-order valence-electron chi connectivity index (χ1n) is 11.0. The van der Waals surface area contributed by atoms with E-state index in [-0.39, 0.29) is 11.5 Å². The number of H-pyrrole nitrogens is 1. The molecule has 1 heterocycles. The predicted octanol–water partition coefficient (Wildman–Crippen LogP) is 5.74. The van der Waals surface area contributed by atoms with E-state index in [1.165, 1.54) is 25.7 Å². The highest BCUT2D eigenvalue weighted by Gasteiger charge is 2.16. The summed E-state index contributed by atoms with van der Waals surface area (Å²) in [6.45, 7) is 4.07. The van der Waals surface area contributed by atoms with Crippen LogP contribution in [0.15, 0.2) is 46.1 Å². The van der Waals surface area contributed by atoms with Gasteiger partial charge in [-0.15, -0.1) is 11.8 Å². The van der Waals surface area contributed by atoms with Gasteiger partial charge in [0.1, 0.15) is 5.69 Å². The highest BCUT2D eigenvalue weighted by molar-refractivity contribution is 7.98. The normalized spacial score (nSPS) is 14.3. The number of carbonyl (C=O) groups excluding carboxylic acids is 1. The summed E-state index contributed by atoms with van der Waals surface area (Å²) in [4.78, 5) is 33.2. The summed E-state index contributed by atoms with van der Waals surface area (Å²) in [7, 11) is 0. The molecule has 0 radical (unpaired) electrons. The fourth-order valence-corrected chi connectivity index (χ4v) is 4.95. The zero-order chi connectivity index (χ0) is 21.8. The molecule has 3 aromatic rings. The smallest absolute Gasteiger partial charge is 0.271 e. The number of amides is 1. The van der Waals surface area contributed by atoms with E-state index in [9.17, 15) is 9.59 Å². The van der Waals surface area contributed by atoms with Crippen LogP contribution in [0, 0.1) is 19.8 Å². The molecule has 0 aliphatic heterocycles. The molecule has 2 N–H and O–H groups in total. The summed E-state index contributed by atoms with van der Waals surface area (Å²) >= 11 is 1.56. The van der Waals surface area contributed by atoms with Crippen LogP contribution in [0.4, 0.5) is 5.69 Å². The van der Waals surface area contributed by atoms with Crippen LogP contribution in [-0.2, 0) is 10.5 Å². The number of nitrogens with one attached hydrogen (secondary N) is 2. The van der Waals surface area contributed by atoms with Crippen LogP contribution in [0.3, 0.4) is 0 Å². The number of aromatic nitrogens is 2. The minimum absolute atomic E-state index is 0.0877. The molecule has 31 heavy (non-hydrogen) atoms. The Hall–Kier alpha value is -2.60. The number of nitrogens with zero attached hydrogens (tertiary/aromatic N) is 1. The van der Waals surface area contributed by atoms with Gasteiger partial charge in [0.25, 0.3) is 5.56 Å². The number of hydrogen-bond acceptors (Lipinski definition) is 4. The van der Waals surface area contributed by atoms with Crippen molar-refractivity contribution in [3.05, 3.63) is 63.6 Å². The molecule has 1 aliphatic rings. The second kappa shape index (κ2) is 9.69. The van der Waals surface area contributed by atoms with Gasteiger partial charge in [-0.1, -0.05) is 25.7 Å². The molecule has 1 aromatic heterocycles. The summed E-state index contributed by atoms with van der Waals surface area (Å²) in [5.74, 6) is 1.31. The molecular formula is C25H29N3O2S. The number of aryl methyl sites for hydroxylation is 2. The van der Waals surface area contributed by atoms with Gasteiger partial charge in [-0.2, -0.15) is 0 Å². The first kappa shape index (κ1) is 21.6. The number of thioether (sulfide) groups is 1. The molecule has 162 valence electrons. The van der Waals surface area contributed by atoms with Crippen molar-refractivity contribution < 1.29 is 4.79 Å². The van der Waals surface area contributed by atoms with Crippen LogP contribution in [0.25, 0.3) is 11.0 Å². The molecule has 0 bridgehead atoms. The molecule has 1 amide bonds. The monoisotopic (exact) mass is 435 g/mol. The van der Waals surface area contributed by atoms with Gasteiger partial charge < -0.3 is 10.3 Å². The fourth-order valence-electron chi connectivity index (χ4n) is 4.13. The Labute approximate surface area is 187 Å². The minimum atomic E-state index is -0.144. The number of aromatic amines is 1. The van der Waals surface area contributed by atoms with Gasteiger partial charge in [0, 0.05) is 22.8 Å². The molecule has 0 spiro atoms. The van der Waals surface area contributed by atoms with E-state index in [1.54, 1.807) is 11.8 Å². The molecule has 6 heteroatoms. The lowest BCUT2D eigenvalue weighted by Crippen LogP contribution is -2.14. The van der Waals surface area contributed by atoms with Gasteiger partial charge in [0.15, 0.2) is 0 Å². The molecule has 1 fully saturated rings. The van der Waals surface area contributed by atoms with Crippen molar-refractivity contribution in [3.63, 3.8) is 0 Å². The number of rotatable bonds is 7. The molecule has 2 aromatic carbocycles. The van der Waals surface area contributed by atoms with Gasteiger partial charge in [0.05, 0.1) is 11.0 Å². The van der Waals surface area contributed by atoms with Crippen molar-refractivity contribution in [1.82, 2.24) is 9.97 Å². The van der Waals surface area contributed by atoms with E-state index < -0.39 is 0 Å². The van der Waals surface area contributed by atoms with Gasteiger partial charge in [-0.3, -0.25) is 9.59 Å². The zero-order valence-corrected chi connectivity index (χ0v) is 19.0. The van der Waals surface area contributed by atoms with Gasteiger partial charge in [-0.25, -0.2) is 4.98 Å². The number of benzene rings is 2. The van der Waals surface area contributed by atoms with Crippen molar-refractivity contribution in [1.29, 1.82) is 0 Å². The van der Waals surface area contributed by atoms with E-state index in [1.807, 2.05) is 50.2 Å². The predicted molar refractivity (Wildman–Crippen MR) is 128 cm³/mol. The molecular weight excluding hydrogens is 406 g/mol. The number of fused-ring (bicyclic) bond motifs is 1. The summed E-state index contributed by atoms with van der Waals surface area (Å²) in [5, 5.41) is 2.99. The summed E-state index contributed by atoms with van der Waals surface area (Å²) < 4.78 is 0. The van der Waals surface area contributed by atoms with Crippen LogP contribution in [-0.4, -0.2) is 15.9 Å². The third kappa shape index (κ3) is 5.56. The molecule has 5 nitrogen and oxygen atoms in total. The maximum atomic E-state index is 12.4. The Bertz CT molecular complexity index is 1130. The lowest BCUT2D eigenvalue weighted by Gasteiger charge is -2.10. The van der Waals surface area contributed by atoms with Crippen molar-refractivity contribution in [3.8, 4) is 0 Å². The number of hydrogen-bond donors (Lipinski definition) is 2. The van der Waals surface area contributed by atoms with Crippen LogP contribution in [0.1, 0.15) is 55.3 Å². The Morgan fingerprint density at radius 3 is 2.58 bits per heavy atom. The van der Waals surface area contributed by atoms with Gasteiger partial charge >= 0.3 is 0 Å². The Balaban J connectivity index is 1.33. The first-order chi connectivity index (χ1) is 15.0. The minimum Gasteiger partial charge on any atom is -0.326 e. The van der Waals surface area contributed by atoms with E-state index in [0.29, 0.717) is 17.9 Å². The molecule has 0 saturated heterocycles. The first-order valence-corrected chi connectivity index (χ1v) is 12.0. The Morgan fingerprint density at radius 1 is 1.13 bits per heavy atom. The van der Waals surface area contributed by atoms with E-state index in [2.05, 4.69) is 15.3 Å². The summed E-state index contributed by atoms with van der Waals surface area (Å²) in [5.41, 5.74) is 5.07. The highest BCUT2D eigenvalue weighted by Crippen LogP contribution is 2.29. The summed E-state index contributed by atoms with van der Waals surface area (Å²) in [6, 6.07) is 11.8. The maximum absolute atomic E-state index is 12.4. The molecule has 1 aliphatic carbocycles. The Morgan fingerprint density at radius 2 is 1.84 bits per heavy atom. The summed E-state index contributed by atoms with van der Waals surface area (Å²) in [6.07, 6.45) is 6.75. The van der Waals surface area contributed by atoms with E-state index in [4.69, 9.17) is 0 Å². The second-order valence-electron chi connectivity index (χ2n) is 8.52. The van der Waals surface area contributed by atoms with Crippen molar-refractivity contribution in [2.24, 2.45) is 5.92 Å². The molecule has 0 atom stereocenters. The molecule has 4 rings (SSSR count). The lowest BCUT2D eigenvalue weighted by molar-refractivity contribution is -0.116. The zero-order valence-electron chi connectivity index (χ0n) is 18.2. The quantitative estimate of drug-likeness (QED) is 0.464. The van der Waals surface area contributed by atoms with Crippen LogP contribution >= 0.6 is 11.8 Å². The van der Waals surface area contributed by atoms with Crippen molar-refractivity contribution in [2.75, 3.05) is 5.32 Å². The Kier molecular flexibility index (Phi) is 6.76. The van der Waals surface area contributed by atoms with Crippen molar-refractivity contribution in [2.45, 2.75) is 63.0 Å². The lowest BCUT2D eigenvalue weighted by atomic mass is 10.0. The van der Waals surface area contributed by atoms with Crippen LogP contribution < -0.4 is 10.9 Å². The van der Waals surface area contributed by atoms with Gasteiger partial charge in [0.2, 0.25) is 5.91 Å². The van der Waals surface area contributed by atoms with Crippen LogP contribution in [0.5, 0.6) is 0 Å². The maximum Gasteiger partial charge on any atom is 0.271 e. The number of carbonyl (C=O) groups is 1. The second-order valence-corrected chi connectivity index (χ2v) is 9.57. The topological polar surface area (TPSA) is 74.8 Å². The molecule has 1 saturated carbocycles. The van der Waals surface area contributed by atoms with E-state index >= 15 is 0 Å². The van der Waals surface area contributed by atoms with Crippen LogP contribution in [0.2, 0.25) is 0 Å². The van der Waals surface area contributed by atoms with Crippen molar-refractivity contribution >= 4 is 34.4 Å². The average molecular weight is 436 g/mol. The largest absolute Gasteiger partial charge is 0.326 e. The highest BCUT2D eigenvalue weighted by atomic mass is 32.2. The van der Waals surface area contributed by atoms with E-state index in [0.717, 1.165) is 45.1 Å². The SMILES string of the molecule is Cc1cc2nc(CSc3ccc(NC(=O)CCC4CCCC4)cc3)c(=O)[nH]c2cc1C. The average Bonchev–Trinajstić information content (AvgIpc) is 3.27. The third-order valence-electron chi connectivity index (χ3n) is 6.15. The fraction of sp³-hybridized carbons (Fsp3) is 0.400. The van der Waals surface area contributed by atoms with Gasteiger partial charge in [-0.05, 0) is 73.7 Å². The number of anilines is 1. The molecule has 0 unspecified atom stereocenters. The standard InChI is InChI=1S/C25H29N3O2S/c1-16-13-21-22(14-17(16)2)28-25(30)23(27-21)15-31-20-10-8-19(9-11-20)26-24(29)12-7-18-5-3-4-6-18/h8-11,13-14,18H,3-7,12,15H2,1-2H3,(H,26,29)(H,28,30).